The van der Waals surface area contributed by atoms with E-state index in [2.05, 4.69) is 20.3 Å². The van der Waals surface area contributed by atoms with E-state index in [1.165, 1.54) is 6.39 Å². The van der Waals surface area contributed by atoms with E-state index in [1.54, 1.807) is 18.6 Å². The molecule has 3 aromatic heterocycles. The molecule has 0 aliphatic carbocycles. The maximum Gasteiger partial charge on any atom is 0.180 e. The van der Waals surface area contributed by atoms with Gasteiger partial charge in [0.2, 0.25) is 0 Å². The molecule has 3 rings (SSSR count). The summed E-state index contributed by atoms with van der Waals surface area (Å²) in [4.78, 5) is 12.4. The Labute approximate surface area is 110 Å². The average Bonchev–Trinajstić information content (AvgIpc) is 3.08. The van der Waals surface area contributed by atoms with E-state index in [-0.39, 0.29) is 0 Å². The molecule has 0 amide bonds. The van der Waals surface area contributed by atoms with Crippen LogP contribution in [-0.4, -0.2) is 19.5 Å². The van der Waals surface area contributed by atoms with Gasteiger partial charge in [-0.2, -0.15) is 0 Å². The average molecular weight is 255 g/mol. The number of rotatable bonds is 4. The highest BCUT2D eigenvalue weighted by Gasteiger charge is 2.02. The molecule has 96 valence electrons. The van der Waals surface area contributed by atoms with Crippen molar-refractivity contribution in [1.82, 2.24) is 19.5 Å². The summed E-state index contributed by atoms with van der Waals surface area (Å²) in [5, 5.41) is 3.21. The van der Waals surface area contributed by atoms with Crippen molar-refractivity contribution >= 4 is 5.69 Å². The van der Waals surface area contributed by atoms with Crippen LogP contribution in [0.5, 0.6) is 0 Å². The zero-order chi connectivity index (χ0) is 13.1. The Bertz CT molecular complexity index is 642. The number of anilines is 1. The van der Waals surface area contributed by atoms with Crippen molar-refractivity contribution in [1.29, 1.82) is 0 Å². The van der Waals surface area contributed by atoms with Crippen molar-refractivity contribution in [3.63, 3.8) is 0 Å². The Hall–Kier alpha value is -2.63. The Balaban J connectivity index is 1.71. The molecule has 0 aromatic carbocycles. The highest BCUT2D eigenvalue weighted by molar-refractivity contribution is 5.43. The molecule has 6 heteroatoms. The molecule has 0 atom stereocenters. The van der Waals surface area contributed by atoms with Gasteiger partial charge in [-0.15, -0.1) is 0 Å². The van der Waals surface area contributed by atoms with Crippen LogP contribution in [0, 0.1) is 6.92 Å². The van der Waals surface area contributed by atoms with Crippen molar-refractivity contribution in [2.45, 2.75) is 13.5 Å². The molecule has 0 fully saturated rings. The fourth-order valence-electron chi connectivity index (χ4n) is 1.77. The van der Waals surface area contributed by atoms with Crippen LogP contribution in [0.15, 0.2) is 47.7 Å². The van der Waals surface area contributed by atoms with Crippen molar-refractivity contribution in [2.24, 2.45) is 0 Å². The van der Waals surface area contributed by atoms with Crippen LogP contribution < -0.4 is 5.32 Å². The summed E-state index contributed by atoms with van der Waals surface area (Å²) in [5.41, 5.74) is 0.929. The smallest absolute Gasteiger partial charge is 0.180 e. The molecule has 3 heterocycles. The number of hydrogen-bond donors (Lipinski definition) is 1. The highest BCUT2D eigenvalue weighted by Crippen LogP contribution is 2.12. The summed E-state index contributed by atoms with van der Waals surface area (Å²) in [7, 11) is 0. The number of aryl methyl sites for hydroxylation is 1. The number of nitrogens with zero attached hydrogens (tertiary/aromatic N) is 4. The standard InChI is InChI=1S/C13H13N5O/c1-10-15-4-5-18(10)13-3-2-11(6-17-13)16-8-12-7-14-9-19-12/h2-7,9,16H,8H2,1H3. The first-order valence-electron chi connectivity index (χ1n) is 5.90. The zero-order valence-electron chi connectivity index (χ0n) is 10.4. The molecule has 0 unspecified atom stereocenters. The maximum absolute atomic E-state index is 5.15. The minimum Gasteiger partial charge on any atom is -0.447 e. The SMILES string of the molecule is Cc1nccn1-c1ccc(NCc2cnco2)cn1. The van der Waals surface area contributed by atoms with Gasteiger partial charge in [-0.05, 0) is 19.1 Å². The molecule has 0 bridgehead atoms. The minimum absolute atomic E-state index is 0.588. The molecule has 0 saturated carbocycles. The largest absolute Gasteiger partial charge is 0.447 e. The lowest BCUT2D eigenvalue weighted by molar-refractivity contribution is 0.511. The molecular weight excluding hydrogens is 242 g/mol. The molecule has 19 heavy (non-hydrogen) atoms. The number of pyridine rings is 1. The lowest BCUT2D eigenvalue weighted by atomic mass is 10.4. The minimum atomic E-state index is 0.588. The molecule has 0 aliphatic rings. The Morgan fingerprint density at radius 2 is 2.21 bits per heavy atom. The lowest BCUT2D eigenvalue weighted by Crippen LogP contribution is -2.01. The summed E-state index contributed by atoms with van der Waals surface area (Å²) < 4.78 is 7.08. The lowest BCUT2D eigenvalue weighted by Gasteiger charge is -2.06. The molecule has 0 saturated heterocycles. The summed E-state index contributed by atoms with van der Waals surface area (Å²) in [6.07, 6.45) is 8.53. The normalized spacial score (nSPS) is 10.6. The van der Waals surface area contributed by atoms with E-state index in [0.29, 0.717) is 6.54 Å². The second-order valence-corrected chi connectivity index (χ2v) is 4.07. The number of aromatic nitrogens is 4. The number of hydrogen-bond acceptors (Lipinski definition) is 5. The van der Waals surface area contributed by atoms with E-state index < -0.39 is 0 Å². The first-order chi connectivity index (χ1) is 9.33. The highest BCUT2D eigenvalue weighted by atomic mass is 16.3. The van der Waals surface area contributed by atoms with Crippen LogP contribution >= 0.6 is 0 Å². The first kappa shape index (κ1) is 11.5. The molecule has 1 N–H and O–H groups in total. The van der Waals surface area contributed by atoms with Crippen LogP contribution in [0.3, 0.4) is 0 Å². The molecule has 0 spiro atoms. The van der Waals surface area contributed by atoms with E-state index in [4.69, 9.17) is 4.42 Å². The second kappa shape index (κ2) is 4.93. The Kier molecular flexibility index (Phi) is 2.97. The first-order valence-corrected chi connectivity index (χ1v) is 5.90. The number of nitrogens with one attached hydrogen (secondary N) is 1. The number of imidazole rings is 1. The van der Waals surface area contributed by atoms with Gasteiger partial charge >= 0.3 is 0 Å². The topological polar surface area (TPSA) is 68.8 Å². The van der Waals surface area contributed by atoms with Gasteiger partial charge < -0.3 is 9.73 Å². The van der Waals surface area contributed by atoms with Gasteiger partial charge in [0.05, 0.1) is 24.6 Å². The van der Waals surface area contributed by atoms with E-state index in [1.807, 2.05) is 29.8 Å². The second-order valence-electron chi connectivity index (χ2n) is 4.07. The van der Waals surface area contributed by atoms with Crippen LogP contribution in [0.2, 0.25) is 0 Å². The monoisotopic (exact) mass is 255 g/mol. The third-order valence-corrected chi connectivity index (χ3v) is 2.77. The zero-order valence-corrected chi connectivity index (χ0v) is 10.4. The van der Waals surface area contributed by atoms with Crippen LogP contribution in [-0.2, 0) is 6.54 Å². The molecular formula is C13H13N5O. The summed E-state index contributed by atoms with van der Waals surface area (Å²) in [5.74, 6) is 2.55. The van der Waals surface area contributed by atoms with Crippen LogP contribution in [0.4, 0.5) is 5.69 Å². The fraction of sp³-hybridized carbons (Fsp3) is 0.154. The molecule has 6 nitrogen and oxygen atoms in total. The van der Waals surface area contributed by atoms with Gasteiger partial charge in [0, 0.05) is 12.4 Å². The van der Waals surface area contributed by atoms with Crippen molar-refractivity contribution in [2.75, 3.05) is 5.32 Å². The molecule has 3 aromatic rings. The van der Waals surface area contributed by atoms with Crippen molar-refractivity contribution in [3.8, 4) is 5.82 Å². The fourth-order valence-corrected chi connectivity index (χ4v) is 1.77. The third-order valence-electron chi connectivity index (χ3n) is 2.77. The summed E-state index contributed by atoms with van der Waals surface area (Å²) in [6, 6.07) is 3.91. The Morgan fingerprint density at radius 1 is 1.26 bits per heavy atom. The van der Waals surface area contributed by atoms with E-state index in [9.17, 15) is 0 Å². The number of oxazole rings is 1. The van der Waals surface area contributed by atoms with Gasteiger partial charge in [0.25, 0.3) is 0 Å². The molecule has 0 radical (unpaired) electrons. The van der Waals surface area contributed by atoms with Gasteiger partial charge in [0.1, 0.15) is 17.4 Å². The third kappa shape index (κ3) is 2.47. The van der Waals surface area contributed by atoms with Gasteiger partial charge in [-0.3, -0.25) is 4.57 Å². The van der Waals surface area contributed by atoms with Crippen molar-refractivity contribution < 1.29 is 4.42 Å². The predicted molar refractivity (Wildman–Crippen MR) is 69.9 cm³/mol. The van der Waals surface area contributed by atoms with Gasteiger partial charge in [0.15, 0.2) is 6.39 Å². The van der Waals surface area contributed by atoms with E-state index in [0.717, 1.165) is 23.1 Å². The quantitative estimate of drug-likeness (QED) is 0.773. The van der Waals surface area contributed by atoms with Crippen molar-refractivity contribution in [3.05, 3.63) is 54.9 Å². The Morgan fingerprint density at radius 3 is 2.84 bits per heavy atom. The maximum atomic E-state index is 5.15. The van der Waals surface area contributed by atoms with Crippen LogP contribution in [0.1, 0.15) is 11.6 Å². The van der Waals surface area contributed by atoms with Gasteiger partial charge in [-0.1, -0.05) is 0 Å². The summed E-state index contributed by atoms with van der Waals surface area (Å²) in [6.45, 7) is 2.53. The summed E-state index contributed by atoms with van der Waals surface area (Å²) >= 11 is 0. The van der Waals surface area contributed by atoms with Crippen LogP contribution in [0.25, 0.3) is 5.82 Å². The predicted octanol–water partition coefficient (Wildman–Crippen LogP) is 2.18. The van der Waals surface area contributed by atoms with Gasteiger partial charge in [-0.25, -0.2) is 15.0 Å². The molecule has 0 aliphatic heterocycles. The van der Waals surface area contributed by atoms with E-state index >= 15 is 0 Å².